The van der Waals surface area contributed by atoms with Gasteiger partial charge in [0.05, 0.1) is 19.0 Å². The molecule has 6 heteroatoms. The number of pyridine rings is 1. The van der Waals surface area contributed by atoms with E-state index in [1.807, 2.05) is 12.1 Å². The molecule has 1 heterocycles. The molecule has 0 unspecified atom stereocenters. The second kappa shape index (κ2) is 8.73. The van der Waals surface area contributed by atoms with Crippen LogP contribution in [0.2, 0.25) is 0 Å². The lowest BCUT2D eigenvalue weighted by atomic mass is 10.0. The van der Waals surface area contributed by atoms with Crippen LogP contribution in [0.5, 0.6) is 5.75 Å². The van der Waals surface area contributed by atoms with E-state index < -0.39 is 6.29 Å². The van der Waals surface area contributed by atoms with Crippen LogP contribution in [-0.2, 0) is 6.42 Å². The van der Waals surface area contributed by atoms with Gasteiger partial charge in [-0.05, 0) is 66.4 Å². The average Bonchev–Trinajstić information content (AvgIpc) is 3.19. The predicted molar refractivity (Wildman–Crippen MR) is 118 cm³/mol. The molecule has 0 bridgehead atoms. The number of methoxy groups -OCH3 is 1. The number of aliphatic hydroxyl groups is 2. The van der Waals surface area contributed by atoms with E-state index in [2.05, 4.69) is 52.6 Å². The molecule has 0 aliphatic heterocycles. The average molecular weight is 405 g/mol. The molecule has 1 aliphatic rings. The first kappa shape index (κ1) is 20.2. The van der Waals surface area contributed by atoms with Crippen molar-refractivity contribution in [3.8, 4) is 5.75 Å². The first-order chi connectivity index (χ1) is 14.6. The number of ether oxygens (including phenoxy) is 1. The number of aliphatic hydroxyl groups excluding tert-OH is 1. The summed E-state index contributed by atoms with van der Waals surface area (Å²) in [6.07, 6.45) is 3.79. The molecular formula is C24H27N3O3. The van der Waals surface area contributed by atoms with Gasteiger partial charge in [0.2, 0.25) is 0 Å². The first-order valence-electron chi connectivity index (χ1n) is 10.1. The van der Waals surface area contributed by atoms with E-state index in [1.165, 1.54) is 11.1 Å². The smallest absolute Gasteiger partial charge is 0.180 e. The summed E-state index contributed by atoms with van der Waals surface area (Å²) < 4.78 is 5.25. The van der Waals surface area contributed by atoms with Crippen LogP contribution in [0.3, 0.4) is 0 Å². The zero-order valence-corrected chi connectivity index (χ0v) is 17.2. The minimum absolute atomic E-state index is 0.379. The molecule has 1 atom stereocenters. The molecule has 3 aromatic rings. The maximum atomic E-state index is 9.54. The summed E-state index contributed by atoms with van der Waals surface area (Å²) in [5.74, 6) is 1.23. The Morgan fingerprint density at radius 2 is 1.90 bits per heavy atom. The summed E-state index contributed by atoms with van der Waals surface area (Å²) in [6, 6.07) is 16.3. The van der Waals surface area contributed by atoms with Gasteiger partial charge in [-0.15, -0.1) is 0 Å². The largest absolute Gasteiger partial charge is 0.497 e. The van der Waals surface area contributed by atoms with Gasteiger partial charge in [0.1, 0.15) is 5.75 Å². The van der Waals surface area contributed by atoms with Crippen LogP contribution < -0.4 is 15.0 Å². The third kappa shape index (κ3) is 4.10. The van der Waals surface area contributed by atoms with E-state index in [1.54, 1.807) is 25.6 Å². The van der Waals surface area contributed by atoms with Gasteiger partial charge in [0.25, 0.3) is 0 Å². The first-order valence-corrected chi connectivity index (χ1v) is 10.1. The monoisotopic (exact) mass is 405 g/mol. The zero-order chi connectivity index (χ0) is 21.1. The Bertz CT molecular complexity index is 1000. The van der Waals surface area contributed by atoms with Gasteiger partial charge >= 0.3 is 0 Å². The Labute approximate surface area is 176 Å². The number of fused-ring (bicyclic) bond motifs is 1. The topological polar surface area (TPSA) is 77.9 Å². The molecule has 0 spiro atoms. The number of aromatic nitrogens is 1. The second-order valence-corrected chi connectivity index (χ2v) is 7.59. The van der Waals surface area contributed by atoms with E-state index in [9.17, 15) is 10.2 Å². The molecule has 156 valence electrons. The molecule has 0 fully saturated rings. The minimum atomic E-state index is -1.51. The Hall–Kier alpha value is -3.09. The van der Waals surface area contributed by atoms with Gasteiger partial charge in [-0.1, -0.05) is 6.07 Å². The molecule has 0 radical (unpaired) electrons. The lowest BCUT2D eigenvalue weighted by molar-refractivity contribution is -0.0419. The van der Waals surface area contributed by atoms with Crippen LogP contribution in [0, 0.1) is 0 Å². The zero-order valence-electron chi connectivity index (χ0n) is 17.2. The predicted octanol–water partition coefficient (Wildman–Crippen LogP) is 3.98. The summed E-state index contributed by atoms with van der Waals surface area (Å²) in [7, 11) is 3.74. The summed E-state index contributed by atoms with van der Waals surface area (Å²) in [4.78, 5) is 6.27. The van der Waals surface area contributed by atoms with Gasteiger partial charge in [0, 0.05) is 42.6 Å². The van der Waals surface area contributed by atoms with Crippen molar-refractivity contribution in [2.45, 2.75) is 25.0 Å². The highest BCUT2D eigenvalue weighted by atomic mass is 16.5. The third-order valence-electron chi connectivity index (χ3n) is 5.85. The van der Waals surface area contributed by atoms with Crippen molar-refractivity contribution in [3.63, 3.8) is 0 Å². The number of benzene rings is 2. The van der Waals surface area contributed by atoms with E-state index in [0.29, 0.717) is 17.2 Å². The molecule has 0 saturated heterocycles. The van der Waals surface area contributed by atoms with E-state index in [0.717, 1.165) is 36.5 Å². The second-order valence-electron chi connectivity index (χ2n) is 7.59. The van der Waals surface area contributed by atoms with Crippen molar-refractivity contribution in [2.75, 3.05) is 30.9 Å². The van der Waals surface area contributed by atoms with Crippen LogP contribution in [-0.4, -0.2) is 35.9 Å². The van der Waals surface area contributed by atoms with Crippen molar-refractivity contribution in [1.29, 1.82) is 0 Å². The maximum absolute atomic E-state index is 9.54. The van der Waals surface area contributed by atoms with Gasteiger partial charge in [-0.25, -0.2) is 0 Å². The molecule has 1 aliphatic carbocycles. The van der Waals surface area contributed by atoms with Gasteiger partial charge < -0.3 is 25.2 Å². The fourth-order valence-corrected chi connectivity index (χ4v) is 4.08. The number of nitrogens with zero attached hydrogens (tertiary/aromatic N) is 2. The van der Waals surface area contributed by atoms with Crippen LogP contribution in [0.1, 0.15) is 35.3 Å². The standard InChI is InChI=1S/C24H27N3O3/c1-27(18-5-8-20(30-2)9-6-18)19-7-10-21-16(13-19)3-4-17(21)14-26-23-15-25-12-11-22(23)24(28)29/h5-13,15,17,24,26,28-29H,3-4,14H2,1-2H3/t17-/m0/s1. The Kier molecular flexibility index (Phi) is 5.88. The number of hydrogen-bond donors (Lipinski definition) is 3. The highest BCUT2D eigenvalue weighted by Crippen LogP contribution is 2.37. The molecule has 0 saturated carbocycles. The van der Waals surface area contributed by atoms with E-state index in [4.69, 9.17) is 4.74 Å². The summed E-state index contributed by atoms with van der Waals surface area (Å²) in [6.45, 7) is 0.728. The Balaban J connectivity index is 1.47. The summed E-state index contributed by atoms with van der Waals surface area (Å²) >= 11 is 0. The fourth-order valence-electron chi connectivity index (χ4n) is 4.08. The molecule has 1 aromatic heterocycles. The normalized spacial score (nSPS) is 15.2. The number of anilines is 3. The summed E-state index contributed by atoms with van der Waals surface area (Å²) in [5.41, 5.74) is 6.10. The van der Waals surface area contributed by atoms with Gasteiger partial charge in [0.15, 0.2) is 6.29 Å². The van der Waals surface area contributed by atoms with Crippen molar-refractivity contribution in [2.24, 2.45) is 0 Å². The van der Waals surface area contributed by atoms with Gasteiger partial charge in [-0.3, -0.25) is 4.98 Å². The maximum Gasteiger partial charge on any atom is 0.180 e. The van der Waals surface area contributed by atoms with Crippen LogP contribution in [0.4, 0.5) is 17.1 Å². The van der Waals surface area contributed by atoms with Crippen molar-refractivity contribution in [1.82, 2.24) is 4.98 Å². The van der Waals surface area contributed by atoms with Crippen molar-refractivity contribution in [3.05, 3.63) is 77.6 Å². The fraction of sp³-hybridized carbons (Fsp3) is 0.292. The molecular weight excluding hydrogens is 378 g/mol. The summed E-state index contributed by atoms with van der Waals surface area (Å²) in [5, 5.41) is 22.4. The molecule has 30 heavy (non-hydrogen) atoms. The molecule has 0 amide bonds. The lowest BCUT2D eigenvalue weighted by Crippen LogP contribution is -2.13. The molecule has 6 nitrogen and oxygen atoms in total. The molecule has 4 rings (SSSR count). The highest BCUT2D eigenvalue weighted by Gasteiger charge is 2.23. The number of rotatable bonds is 7. The van der Waals surface area contributed by atoms with Gasteiger partial charge in [-0.2, -0.15) is 0 Å². The SMILES string of the molecule is COc1ccc(N(C)c2ccc3c(c2)CC[C@H]3CNc2cnccc2C(O)O)cc1. The van der Waals surface area contributed by atoms with Crippen LogP contribution in [0.25, 0.3) is 0 Å². The number of aryl methyl sites for hydroxylation is 1. The molecule has 3 N–H and O–H groups in total. The molecule has 2 aromatic carbocycles. The van der Waals surface area contributed by atoms with Crippen LogP contribution in [0.15, 0.2) is 60.9 Å². The van der Waals surface area contributed by atoms with Crippen LogP contribution >= 0.6 is 0 Å². The van der Waals surface area contributed by atoms with E-state index in [-0.39, 0.29) is 0 Å². The highest BCUT2D eigenvalue weighted by molar-refractivity contribution is 5.65. The van der Waals surface area contributed by atoms with Crippen molar-refractivity contribution >= 4 is 17.1 Å². The Morgan fingerprint density at radius 3 is 2.63 bits per heavy atom. The van der Waals surface area contributed by atoms with Crippen molar-refractivity contribution < 1.29 is 14.9 Å². The lowest BCUT2D eigenvalue weighted by Gasteiger charge is -2.21. The third-order valence-corrected chi connectivity index (χ3v) is 5.85. The Morgan fingerprint density at radius 1 is 1.13 bits per heavy atom. The number of nitrogens with one attached hydrogen (secondary N) is 1. The minimum Gasteiger partial charge on any atom is -0.497 e. The number of hydrogen-bond acceptors (Lipinski definition) is 6. The quantitative estimate of drug-likeness (QED) is 0.516. The van der Waals surface area contributed by atoms with E-state index >= 15 is 0 Å².